The molecule has 0 aliphatic heterocycles. The standard InChI is InChI=1S/C76H136O18/c1-28-31-36-86-59(77)68(18,19)45-70(21,61(79)87-37-32-29-2)34-33-35-71(22,62(80)89-39-53(6)7)47-73(24,64(82)91-41-55(10)11)49-75(26,66(84)93-43-57(14)15)51-76(27,67(85)94-44-58(16)17)50-74(25,65(83)92-42-56(12)13)48-72(23,63(81)90-40-54(8)9)46-69(20,30-3)60(78)88-38-52(4)5/h52-58H,28-51H2,1-27H3. The van der Waals surface area contributed by atoms with Crippen LogP contribution in [0.25, 0.3) is 0 Å². The molecule has 0 rings (SSSR count). The van der Waals surface area contributed by atoms with Gasteiger partial charge in [0.25, 0.3) is 0 Å². The molecule has 0 aromatic heterocycles. The van der Waals surface area contributed by atoms with Crippen molar-refractivity contribution in [3.8, 4) is 0 Å². The minimum Gasteiger partial charge on any atom is -0.465 e. The fourth-order valence-electron chi connectivity index (χ4n) is 12.9. The molecule has 0 bridgehead atoms. The van der Waals surface area contributed by atoms with Gasteiger partial charge in [0, 0.05) is 0 Å². The highest BCUT2D eigenvalue weighted by atomic mass is 16.6. The summed E-state index contributed by atoms with van der Waals surface area (Å²) < 4.78 is 54.4. The van der Waals surface area contributed by atoms with Gasteiger partial charge in [-0.05, 0) is 188 Å². The second-order valence-corrected chi connectivity index (χ2v) is 33.7. The summed E-state index contributed by atoms with van der Waals surface area (Å²) in [6, 6.07) is 0. The molecule has 548 valence electrons. The van der Waals surface area contributed by atoms with Gasteiger partial charge in [0.1, 0.15) is 0 Å². The Labute approximate surface area is 570 Å². The second kappa shape index (κ2) is 39.6. The van der Waals surface area contributed by atoms with Crippen LogP contribution in [0.1, 0.15) is 283 Å². The van der Waals surface area contributed by atoms with Crippen molar-refractivity contribution in [1.82, 2.24) is 0 Å². The molecule has 0 radical (unpaired) electrons. The second-order valence-electron chi connectivity index (χ2n) is 33.7. The van der Waals surface area contributed by atoms with Crippen LogP contribution >= 0.6 is 0 Å². The summed E-state index contributed by atoms with van der Waals surface area (Å²) in [5.41, 5.74) is -14.0. The van der Waals surface area contributed by atoms with E-state index in [0.717, 1.165) is 12.8 Å². The van der Waals surface area contributed by atoms with E-state index in [1.807, 2.05) is 118 Å². The van der Waals surface area contributed by atoms with Crippen LogP contribution in [0.15, 0.2) is 0 Å². The van der Waals surface area contributed by atoms with Crippen molar-refractivity contribution in [3.05, 3.63) is 0 Å². The molecule has 0 aromatic carbocycles. The van der Waals surface area contributed by atoms with Crippen molar-refractivity contribution >= 4 is 53.7 Å². The quantitative estimate of drug-likeness (QED) is 0.0313. The fraction of sp³-hybridized carbons (Fsp3) is 0.882. The summed E-state index contributed by atoms with van der Waals surface area (Å²) >= 11 is 0. The molecule has 0 amide bonds. The Morgan fingerprint density at radius 3 is 0.670 bits per heavy atom. The van der Waals surface area contributed by atoms with E-state index in [1.165, 1.54) is 0 Å². The third kappa shape index (κ3) is 29.9. The zero-order valence-corrected chi connectivity index (χ0v) is 64.4. The number of carbonyl (C=O) groups excluding carboxylic acids is 9. The van der Waals surface area contributed by atoms with Gasteiger partial charge in [-0.15, -0.1) is 0 Å². The number of esters is 9. The number of hydrogen-bond acceptors (Lipinski definition) is 18. The Morgan fingerprint density at radius 1 is 0.245 bits per heavy atom. The molecule has 0 fully saturated rings. The normalized spacial score (nSPS) is 17.3. The lowest BCUT2D eigenvalue weighted by atomic mass is 9.57. The maximum atomic E-state index is 15.6. The molecule has 0 saturated heterocycles. The first-order valence-corrected chi connectivity index (χ1v) is 35.6. The van der Waals surface area contributed by atoms with E-state index in [-0.39, 0.29) is 165 Å². The van der Waals surface area contributed by atoms with Gasteiger partial charge < -0.3 is 42.6 Å². The first kappa shape index (κ1) is 89.2. The molecule has 0 aliphatic carbocycles. The third-order valence-electron chi connectivity index (χ3n) is 17.5. The van der Waals surface area contributed by atoms with Crippen LogP contribution in [-0.4, -0.2) is 113 Å². The van der Waals surface area contributed by atoms with Gasteiger partial charge >= 0.3 is 53.7 Å². The fourth-order valence-corrected chi connectivity index (χ4v) is 12.9. The smallest absolute Gasteiger partial charge is 0.311 e. The summed E-state index contributed by atoms with van der Waals surface area (Å²) in [4.78, 5) is 135. The van der Waals surface area contributed by atoms with Crippen LogP contribution in [0.3, 0.4) is 0 Å². The molecular formula is C76H136O18. The van der Waals surface area contributed by atoms with Crippen molar-refractivity contribution in [2.24, 2.45) is 90.2 Å². The summed E-state index contributed by atoms with van der Waals surface area (Å²) in [5.74, 6) is -6.49. The van der Waals surface area contributed by atoms with Crippen LogP contribution < -0.4 is 0 Å². The molecule has 0 saturated carbocycles. The minimum absolute atomic E-state index is 0.0197. The van der Waals surface area contributed by atoms with E-state index >= 15 is 28.8 Å². The highest BCUT2D eigenvalue weighted by Gasteiger charge is 2.59. The third-order valence-corrected chi connectivity index (χ3v) is 17.5. The summed E-state index contributed by atoms with van der Waals surface area (Å²) in [7, 11) is 0. The molecular weight excluding hydrogens is 1200 g/mol. The lowest BCUT2D eigenvalue weighted by molar-refractivity contribution is -0.177. The van der Waals surface area contributed by atoms with E-state index in [2.05, 4.69) is 0 Å². The Hall–Kier alpha value is -4.77. The Morgan fingerprint density at radius 2 is 0.436 bits per heavy atom. The highest BCUT2D eigenvalue weighted by Crippen LogP contribution is 2.56. The van der Waals surface area contributed by atoms with Gasteiger partial charge in [-0.1, -0.05) is 137 Å². The molecule has 0 N–H and O–H groups in total. The van der Waals surface area contributed by atoms with Crippen molar-refractivity contribution in [2.75, 3.05) is 59.5 Å². The van der Waals surface area contributed by atoms with Crippen molar-refractivity contribution in [3.63, 3.8) is 0 Å². The largest absolute Gasteiger partial charge is 0.465 e. The summed E-state index contributed by atoms with van der Waals surface area (Å²) in [6.07, 6.45) is 1.87. The van der Waals surface area contributed by atoms with Gasteiger partial charge in [0.05, 0.1) is 108 Å². The van der Waals surface area contributed by atoms with Crippen LogP contribution in [0.2, 0.25) is 0 Å². The number of carbonyl (C=O) groups is 9. The lowest BCUT2D eigenvalue weighted by Crippen LogP contribution is -2.51. The molecule has 8 unspecified atom stereocenters. The minimum atomic E-state index is -1.84. The average Bonchev–Trinajstić information content (AvgIpc) is 0.761. The van der Waals surface area contributed by atoms with E-state index in [0.29, 0.717) is 12.8 Å². The molecule has 18 heteroatoms. The van der Waals surface area contributed by atoms with Crippen LogP contribution in [0.4, 0.5) is 0 Å². The Balaban J connectivity index is 9.08. The van der Waals surface area contributed by atoms with Gasteiger partial charge in [-0.25, -0.2) is 0 Å². The van der Waals surface area contributed by atoms with Crippen molar-refractivity contribution < 1.29 is 85.8 Å². The zero-order valence-electron chi connectivity index (χ0n) is 64.4. The van der Waals surface area contributed by atoms with Crippen LogP contribution in [-0.2, 0) is 85.8 Å². The average molecular weight is 1340 g/mol. The SMILES string of the molecule is CCCCOC(=O)C(C)(C)CC(C)(CCCC(C)(CC(C)(CC(C)(CC(C)(CC(C)(CC(C)(CC(C)(CC)C(=O)OCC(C)C)C(=O)OCC(C)C)C(=O)OCC(C)C)C(=O)OCC(C)C)C(=O)OCC(C)C)C(=O)OCC(C)C)C(=O)OCC(C)C)C(=O)OCCCC. The van der Waals surface area contributed by atoms with E-state index in [1.54, 1.807) is 69.2 Å². The summed E-state index contributed by atoms with van der Waals surface area (Å²) in [5, 5.41) is 0. The number of hydrogen-bond donors (Lipinski definition) is 0. The maximum absolute atomic E-state index is 15.6. The molecule has 0 aliphatic rings. The number of ether oxygens (including phenoxy) is 9. The van der Waals surface area contributed by atoms with Crippen LogP contribution in [0.5, 0.6) is 0 Å². The van der Waals surface area contributed by atoms with Gasteiger partial charge in [0.15, 0.2) is 0 Å². The van der Waals surface area contributed by atoms with E-state index < -0.39 is 109 Å². The first-order valence-electron chi connectivity index (χ1n) is 35.6. The first-order chi connectivity index (χ1) is 43.0. The Bertz CT molecular complexity index is 2390. The van der Waals surface area contributed by atoms with Crippen molar-refractivity contribution in [1.29, 1.82) is 0 Å². The highest BCUT2D eigenvalue weighted by molar-refractivity contribution is 5.87. The number of rotatable bonds is 48. The van der Waals surface area contributed by atoms with Gasteiger partial charge in [0.2, 0.25) is 0 Å². The van der Waals surface area contributed by atoms with Crippen LogP contribution in [0, 0.1) is 90.2 Å². The van der Waals surface area contributed by atoms with Crippen molar-refractivity contribution in [2.45, 2.75) is 283 Å². The molecule has 18 nitrogen and oxygen atoms in total. The maximum Gasteiger partial charge on any atom is 0.311 e. The lowest BCUT2D eigenvalue weighted by Gasteiger charge is -2.46. The Kier molecular flexibility index (Phi) is 37.6. The van der Waals surface area contributed by atoms with Gasteiger partial charge in [-0.2, -0.15) is 0 Å². The molecule has 0 spiro atoms. The molecule has 8 atom stereocenters. The molecule has 0 heterocycles. The van der Waals surface area contributed by atoms with E-state index in [9.17, 15) is 14.4 Å². The summed E-state index contributed by atoms with van der Waals surface area (Å²) in [6.45, 7) is 49.7. The zero-order chi connectivity index (χ0) is 73.1. The predicted octanol–water partition coefficient (Wildman–Crippen LogP) is 16.5. The molecule has 94 heavy (non-hydrogen) atoms. The topological polar surface area (TPSA) is 237 Å². The monoisotopic (exact) mass is 1340 g/mol. The number of unbranched alkanes of at least 4 members (excludes halogenated alkanes) is 2. The van der Waals surface area contributed by atoms with E-state index in [4.69, 9.17) is 42.6 Å². The predicted molar refractivity (Wildman–Crippen MR) is 367 cm³/mol. The molecule has 0 aromatic rings. The van der Waals surface area contributed by atoms with Gasteiger partial charge in [-0.3, -0.25) is 43.2 Å².